The molecule has 1 rings (SSSR count). The van der Waals surface area contributed by atoms with Crippen molar-refractivity contribution in [2.45, 2.75) is 25.7 Å². The highest BCUT2D eigenvalue weighted by Gasteiger charge is 2.24. The summed E-state index contributed by atoms with van der Waals surface area (Å²) < 4.78 is 36.4. The molecule has 1 aromatic carbocycles. The quantitative estimate of drug-likeness (QED) is 0.576. The van der Waals surface area contributed by atoms with Crippen molar-refractivity contribution in [2.75, 3.05) is 19.8 Å². The van der Waals surface area contributed by atoms with Crippen LogP contribution in [0.15, 0.2) is 17.0 Å². The van der Waals surface area contributed by atoms with Crippen LogP contribution in [0.25, 0.3) is 0 Å². The molecule has 0 saturated carbocycles. The molecule has 0 atom stereocenters. The highest BCUT2D eigenvalue weighted by molar-refractivity contribution is 7.89. The van der Waals surface area contributed by atoms with E-state index >= 15 is 0 Å². The van der Waals surface area contributed by atoms with Crippen LogP contribution in [0.4, 0.5) is 4.79 Å². The number of benzene rings is 1. The second-order valence-electron chi connectivity index (χ2n) is 5.85. The van der Waals surface area contributed by atoms with Gasteiger partial charge in [-0.15, -0.1) is 0 Å². The minimum Gasteiger partial charge on any atom is -0.452 e. The maximum absolute atomic E-state index is 12.4. The van der Waals surface area contributed by atoms with Gasteiger partial charge in [-0.1, -0.05) is 37.0 Å². The smallest absolute Gasteiger partial charge is 0.413 e. The van der Waals surface area contributed by atoms with Gasteiger partial charge in [-0.05, 0) is 25.0 Å². The van der Waals surface area contributed by atoms with Crippen molar-refractivity contribution in [3.8, 4) is 0 Å². The number of esters is 1. The molecule has 156 valence electrons. The molecule has 1 aromatic rings. The first-order chi connectivity index (χ1) is 13.0. The van der Waals surface area contributed by atoms with Crippen LogP contribution >= 0.6 is 23.2 Å². The van der Waals surface area contributed by atoms with Gasteiger partial charge in [0.1, 0.15) is 4.90 Å². The molecule has 0 bridgehead atoms. The molecule has 0 spiro atoms. The summed E-state index contributed by atoms with van der Waals surface area (Å²) in [6, 6.07) is 2.04. The van der Waals surface area contributed by atoms with Crippen LogP contribution in [0.1, 0.15) is 31.1 Å². The zero-order valence-electron chi connectivity index (χ0n) is 15.4. The lowest BCUT2D eigenvalue weighted by Gasteiger charge is -2.12. The van der Waals surface area contributed by atoms with Gasteiger partial charge in [-0.3, -0.25) is 10.1 Å². The SMILES string of the molecule is CCOC(=O)NC(=O)COC(=O)c1cc(S(=O)(=O)NCC(C)C)c(Cl)cc1Cl. The largest absolute Gasteiger partial charge is 0.452 e. The first-order valence-electron chi connectivity index (χ1n) is 8.10. The van der Waals surface area contributed by atoms with Gasteiger partial charge in [0.15, 0.2) is 6.61 Å². The normalized spacial score (nSPS) is 11.2. The third-order valence-corrected chi connectivity index (χ3v) is 5.26. The van der Waals surface area contributed by atoms with Gasteiger partial charge in [-0.2, -0.15) is 0 Å². The highest BCUT2D eigenvalue weighted by atomic mass is 35.5. The zero-order chi connectivity index (χ0) is 21.5. The van der Waals surface area contributed by atoms with Crippen molar-refractivity contribution in [2.24, 2.45) is 5.92 Å². The summed E-state index contributed by atoms with van der Waals surface area (Å²) in [7, 11) is -4.00. The lowest BCUT2D eigenvalue weighted by molar-refractivity contribution is -0.123. The molecule has 0 aliphatic rings. The van der Waals surface area contributed by atoms with Crippen LogP contribution in [0, 0.1) is 5.92 Å². The number of halogens is 2. The Kier molecular flexibility index (Phi) is 9.15. The van der Waals surface area contributed by atoms with E-state index in [0.717, 1.165) is 12.1 Å². The van der Waals surface area contributed by atoms with E-state index in [1.807, 2.05) is 19.2 Å². The minimum atomic E-state index is -4.00. The fourth-order valence-electron chi connectivity index (χ4n) is 1.77. The Hall–Kier alpha value is -1.88. The Bertz CT molecular complexity index is 857. The molecular formula is C16H20Cl2N2O7S. The Balaban J connectivity index is 2.94. The van der Waals surface area contributed by atoms with E-state index in [2.05, 4.69) is 9.46 Å². The average molecular weight is 455 g/mol. The molecule has 2 amide bonds. The van der Waals surface area contributed by atoms with Gasteiger partial charge < -0.3 is 9.47 Å². The van der Waals surface area contributed by atoms with Gasteiger partial charge in [0.2, 0.25) is 10.0 Å². The summed E-state index contributed by atoms with van der Waals surface area (Å²) in [5.74, 6) is -1.95. The fourth-order valence-corrected chi connectivity index (χ4v) is 3.83. The average Bonchev–Trinajstić information content (AvgIpc) is 2.58. The van der Waals surface area contributed by atoms with Gasteiger partial charge >= 0.3 is 12.1 Å². The molecule has 0 aliphatic heterocycles. The second-order valence-corrected chi connectivity index (χ2v) is 8.40. The van der Waals surface area contributed by atoms with Crippen LogP contribution in [0.5, 0.6) is 0 Å². The monoisotopic (exact) mass is 454 g/mol. The molecule has 12 heteroatoms. The summed E-state index contributed by atoms with van der Waals surface area (Å²) in [4.78, 5) is 34.5. The lowest BCUT2D eigenvalue weighted by atomic mass is 10.2. The van der Waals surface area contributed by atoms with E-state index in [4.69, 9.17) is 27.9 Å². The maximum atomic E-state index is 12.4. The number of hydrogen-bond acceptors (Lipinski definition) is 7. The van der Waals surface area contributed by atoms with E-state index in [1.165, 1.54) is 0 Å². The van der Waals surface area contributed by atoms with Crippen LogP contribution in [-0.4, -0.2) is 46.1 Å². The third kappa shape index (κ3) is 7.27. The van der Waals surface area contributed by atoms with Gasteiger partial charge in [0.05, 0.1) is 22.2 Å². The van der Waals surface area contributed by atoms with Gasteiger partial charge in [0.25, 0.3) is 5.91 Å². The fraction of sp³-hybridized carbons (Fsp3) is 0.438. The molecule has 0 aromatic heterocycles. The van der Waals surface area contributed by atoms with Gasteiger partial charge in [-0.25, -0.2) is 22.7 Å². The molecule has 0 aliphatic carbocycles. The number of alkyl carbamates (subject to hydrolysis) is 1. The van der Waals surface area contributed by atoms with Crippen molar-refractivity contribution in [1.82, 2.24) is 10.0 Å². The van der Waals surface area contributed by atoms with Crippen LogP contribution < -0.4 is 10.0 Å². The molecule has 0 fully saturated rings. The molecule has 9 nitrogen and oxygen atoms in total. The summed E-state index contributed by atoms with van der Waals surface area (Å²) >= 11 is 11.9. The first-order valence-corrected chi connectivity index (χ1v) is 10.3. The van der Waals surface area contributed by atoms with E-state index < -0.39 is 34.6 Å². The van der Waals surface area contributed by atoms with Crippen LogP contribution in [-0.2, 0) is 24.3 Å². The van der Waals surface area contributed by atoms with Crippen molar-refractivity contribution in [3.05, 3.63) is 27.7 Å². The Labute approximate surface area is 172 Å². The summed E-state index contributed by atoms with van der Waals surface area (Å²) in [5.41, 5.74) is -0.306. The van der Waals surface area contributed by atoms with E-state index in [0.29, 0.717) is 0 Å². The summed E-state index contributed by atoms with van der Waals surface area (Å²) in [6.07, 6.45) is -0.988. The predicted octanol–water partition coefficient (Wildman–Crippen LogP) is 2.36. The number of rotatable bonds is 8. The van der Waals surface area contributed by atoms with Crippen LogP contribution in [0.2, 0.25) is 10.0 Å². The predicted molar refractivity (Wildman–Crippen MR) is 102 cm³/mol. The number of carbonyl (C=O) groups excluding carboxylic acids is 3. The Morgan fingerprint density at radius 2 is 1.75 bits per heavy atom. The third-order valence-electron chi connectivity index (χ3n) is 3.06. The molecule has 0 heterocycles. The number of nitrogens with one attached hydrogen (secondary N) is 2. The first kappa shape index (κ1) is 24.2. The summed E-state index contributed by atoms with van der Waals surface area (Å²) in [6.45, 7) is 4.60. The summed E-state index contributed by atoms with van der Waals surface area (Å²) in [5, 5.41) is 1.49. The van der Waals surface area contributed by atoms with Crippen molar-refractivity contribution >= 4 is 51.2 Å². The highest BCUT2D eigenvalue weighted by Crippen LogP contribution is 2.29. The van der Waals surface area contributed by atoms with E-state index in [1.54, 1.807) is 6.92 Å². The maximum Gasteiger partial charge on any atom is 0.413 e. The Morgan fingerprint density at radius 3 is 2.32 bits per heavy atom. The number of imide groups is 1. The van der Waals surface area contributed by atoms with Crippen molar-refractivity contribution < 1.29 is 32.3 Å². The Morgan fingerprint density at radius 1 is 1.11 bits per heavy atom. The molecule has 28 heavy (non-hydrogen) atoms. The minimum absolute atomic E-state index is 0.0446. The number of amides is 2. The number of carbonyl (C=O) groups is 3. The molecule has 0 saturated heterocycles. The lowest BCUT2D eigenvalue weighted by Crippen LogP contribution is -2.34. The second kappa shape index (κ2) is 10.6. The number of ether oxygens (including phenoxy) is 2. The molecule has 2 N–H and O–H groups in total. The van der Waals surface area contributed by atoms with Crippen molar-refractivity contribution in [3.63, 3.8) is 0 Å². The van der Waals surface area contributed by atoms with Gasteiger partial charge in [0, 0.05) is 6.54 Å². The van der Waals surface area contributed by atoms with E-state index in [9.17, 15) is 22.8 Å². The molecular weight excluding hydrogens is 435 g/mol. The van der Waals surface area contributed by atoms with Crippen molar-refractivity contribution in [1.29, 1.82) is 0 Å². The standard InChI is InChI=1S/C16H20Cl2N2O7S/c1-4-26-16(23)20-14(21)8-27-15(22)10-5-13(12(18)6-11(10)17)28(24,25)19-7-9(2)3/h5-6,9,19H,4,7-8H2,1-3H3,(H,20,21,23). The zero-order valence-corrected chi connectivity index (χ0v) is 17.7. The van der Waals surface area contributed by atoms with Crippen LogP contribution in [0.3, 0.4) is 0 Å². The molecule has 0 unspecified atom stereocenters. The topological polar surface area (TPSA) is 128 Å². The number of hydrogen-bond donors (Lipinski definition) is 2. The number of sulfonamides is 1. The van der Waals surface area contributed by atoms with E-state index in [-0.39, 0.29) is 39.6 Å². The molecule has 0 radical (unpaired) electrons.